The van der Waals surface area contributed by atoms with Gasteiger partial charge in [0.1, 0.15) is 5.75 Å². The molecule has 0 aliphatic rings. The molecule has 0 saturated carbocycles. The van der Waals surface area contributed by atoms with Gasteiger partial charge in [0.25, 0.3) is 0 Å². The van der Waals surface area contributed by atoms with Crippen LogP contribution < -0.4 is 4.74 Å². The molecule has 10 heteroatoms. The Morgan fingerprint density at radius 2 is 1.39 bits per heavy atom. The fraction of sp³-hybridized carbons (Fsp3) is 0.231. The molecule has 3 nitrogen and oxygen atoms in total. The maximum Gasteiger partial charge on any atom is 0.454 e. The first-order valence-electron chi connectivity index (χ1n) is 11.2. The molecule has 0 bridgehead atoms. The Bertz CT molecular complexity index is 1540. The SMILES string of the molecule is CCCc1ccc2nc(CCc3ccc4nc(C(F)(F)Oc5cc(F)c(F)c(F)c5)sc4c3)sc2c1. The maximum absolute atomic E-state index is 14.7. The van der Waals surface area contributed by atoms with E-state index in [0.29, 0.717) is 35.2 Å². The number of thiazole rings is 2. The third-order valence-corrected chi connectivity index (χ3v) is 7.72. The van der Waals surface area contributed by atoms with Crippen LogP contribution >= 0.6 is 22.7 Å². The first-order valence-corrected chi connectivity index (χ1v) is 12.8. The van der Waals surface area contributed by atoms with E-state index in [1.807, 2.05) is 12.1 Å². The van der Waals surface area contributed by atoms with Crippen LogP contribution in [0.1, 0.15) is 34.5 Å². The number of ether oxygens (including phenoxy) is 1. The van der Waals surface area contributed by atoms with Gasteiger partial charge >= 0.3 is 6.11 Å². The molecule has 2 heterocycles. The molecule has 5 aromatic rings. The Labute approximate surface area is 211 Å². The smallest absolute Gasteiger partial charge is 0.427 e. The lowest BCUT2D eigenvalue weighted by Crippen LogP contribution is -2.21. The van der Waals surface area contributed by atoms with Gasteiger partial charge in [-0.3, -0.25) is 0 Å². The molecular formula is C26H19F5N2OS2. The van der Waals surface area contributed by atoms with E-state index < -0.39 is 34.3 Å². The monoisotopic (exact) mass is 534 g/mol. The van der Waals surface area contributed by atoms with E-state index in [0.717, 1.165) is 45.0 Å². The number of rotatable bonds is 8. The molecule has 2 aromatic heterocycles. The van der Waals surface area contributed by atoms with Gasteiger partial charge in [0.15, 0.2) is 17.5 Å². The van der Waals surface area contributed by atoms with Crippen LogP contribution in [0.4, 0.5) is 22.0 Å². The van der Waals surface area contributed by atoms with Gasteiger partial charge in [-0.05, 0) is 48.2 Å². The number of hydrogen-bond donors (Lipinski definition) is 0. The first-order chi connectivity index (χ1) is 17.2. The fourth-order valence-corrected chi connectivity index (χ4v) is 5.82. The van der Waals surface area contributed by atoms with Crippen molar-refractivity contribution in [1.82, 2.24) is 9.97 Å². The van der Waals surface area contributed by atoms with Crippen molar-refractivity contribution >= 4 is 43.1 Å². The van der Waals surface area contributed by atoms with Crippen LogP contribution in [0.25, 0.3) is 20.4 Å². The minimum absolute atomic E-state index is 0.349. The highest BCUT2D eigenvalue weighted by atomic mass is 32.1. The zero-order valence-electron chi connectivity index (χ0n) is 19.0. The van der Waals surface area contributed by atoms with E-state index in [1.165, 1.54) is 5.56 Å². The molecule has 0 aliphatic carbocycles. The number of benzene rings is 3. The summed E-state index contributed by atoms with van der Waals surface area (Å²) < 4.78 is 75.4. The van der Waals surface area contributed by atoms with Crippen molar-refractivity contribution in [1.29, 1.82) is 0 Å². The molecule has 0 unspecified atom stereocenters. The standard InChI is InChI=1S/C26H19F5N2OS2/c1-2-3-14-4-7-19-21(10-14)35-23(32-19)9-6-15-5-8-20-22(11-15)36-25(33-20)26(30,31)34-16-12-17(27)24(29)18(28)13-16/h4-5,7-8,10-13H,2-3,6,9H2,1H3. The zero-order chi connectivity index (χ0) is 25.4. The topological polar surface area (TPSA) is 35.0 Å². The van der Waals surface area contributed by atoms with Crippen molar-refractivity contribution in [2.24, 2.45) is 0 Å². The highest BCUT2D eigenvalue weighted by molar-refractivity contribution is 7.19. The number of aryl methyl sites for hydroxylation is 3. The van der Waals surface area contributed by atoms with Gasteiger partial charge in [-0.25, -0.2) is 23.1 Å². The molecule has 5 rings (SSSR count). The van der Waals surface area contributed by atoms with Crippen molar-refractivity contribution in [3.63, 3.8) is 0 Å². The predicted molar refractivity (Wildman–Crippen MR) is 131 cm³/mol. The van der Waals surface area contributed by atoms with Crippen LogP contribution in [0.15, 0.2) is 48.5 Å². The largest absolute Gasteiger partial charge is 0.454 e. The summed E-state index contributed by atoms with van der Waals surface area (Å²) in [6.07, 6.45) is -0.466. The first kappa shape index (κ1) is 24.6. The Morgan fingerprint density at radius 1 is 0.778 bits per heavy atom. The van der Waals surface area contributed by atoms with Crippen LogP contribution in [0.5, 0.6) is 5.75 Å². The molecule has 186 valence electrons. The molecular weight excluding hydrogens is 515 g/mol. The van der Waals surface area contributed by atoms with E-state index in [1.54, 1.807) is 23.5 Å². The van der Waals surface area contributed by atoms with Gasteiger partial charge in [0, 0.05) is 18.6 Å². The molecule has 0 N–H and O–H groups in total. The van der Waals surface area contributed by atoms with E-state index in [-0.39, 0.29) is 0 Å². The average Bonchev–Trinajstić information content (AvgIpc) is 3.45. The van der Waals surface area contributed by atoms with Gasteiger partial charge in [-0.1, -0.05) is 25.5 Å². The quantitative estimate of drug-likeness (QED) is 0.149. The Kier molecular flexibility index (Phi) is 6.65. The third-order valence-electron chi connectivity index (χ3n) is 5.57. The molecule has 0 radical (unpaired) electrons. The molecule has 0 aliphatic heterocycles. The van der Waals surface area contributed by atoms with Crippen LogP contribution in [0, 0.1) is 17.5 Å². The molecule has 0 atom stereocenters. The molecule has 3 aromatic carbocycles. The number of fused-ring (bicyclic) bond motifs is 2. The third kappa shape index (κ3) is 5.05. The van der Waals surface area contributed by atoms with Crippen LogP contribution in [0.3, 0.4) is 0 Å². The number of nitrogens with zero attached hydrogens (tertiary/aromatic N) is 2. The summed E-state index contributed by atoms with van der Waals surface area (Å²) in [7, 11) is 0. The van der Waals surface area contributed by atoms with E-state index in [9.17, 15) is 22.0 Å². The van der Waals surface area contributed by atoms with Gasteiger partial charge in [0.2, 0.25) is 5.01 Å². The second-order valence-electron chi connectivity index (χ2n) is 8.30. The molecule has 36 heavy (non-hydrogen) atoms. The van der Waals surface area contributed by atoms with Crippen molar-refractivity contribution in [3.05, 3.63) is 87.1 Å². The second-order valence-corrected chi connectivity index (χ2v) is 10.4. The normalized spacial score (nSPS) is 12.1. The summed E-state index contributed by atoms with van der Waals surface area (Å²) in [6, 6.07) is 12.3. The Balaban J connectivity index is 1.31. The molecule has 0 spiro atoms. The zero-order valence-corrected chi connectivity index (χ0v) is 20.6. The fourth-order valence-electron chi connectivity index (χ4n) is 3.85. The van der Waals surface area contributed by atoms with Crippen molar-refractivity contribution in [2.75, 3.05) is 0 Å². The lowest BCUT2D eigenvalue weighted by atomic mass is 10.1. The predicted octanol–water partition coefficient (Wildman–Crippen LogP) is 8.19. The summed E-state index contributed by atoms with van der Waals surface area (Å²) in [6.45, 7) is 2.15. The summed E-state index contributed by atoms with van der Waals surface area (Å²) >= 11 is 2.38. The van der Waals surface area contributed by atoms with Crippen LogP contribution in [0.2, 0.25) is 0 Å². The molecule has 0 amide bonds. The lowest BCUT2D eigenvalue weighted by Gasteiger charge is -2.15. The lowest BCUT2D eigenvalue weighted by molar-refractivity contribution is -0.185. The maximum atomic E-state index is 14.7. The minimum atomic E-state index is -3.96. The number of hydrogen-bond acceptors (Lipinski definition) is 5. The number of aromatic nitrogens is 2. The minimum Gasteiger partial charge on any atom is -0.427 e. The summed E-state index contributed by atoms with van der Waals surface area (Å²) in [5.41, 5.74) is 3.56. The van der Waals surface area contributed by atoms with Gasteiger partial charge in [-0.15, -0.1) is 22.7 Å². The van der Waals surface area contributed by atoms with Crippen molar-refractivity contribution < 1.29 is 26.7 Å². The number of alkyl halides is 2. The average molecular weight is 535 g/mol. The summed E-state index contributed by atoms with van der Waals surface area (Å²) in [5, 5.41) is 0.330. The molecule has 0 saturated heterocycles. The summed E-state index contributed by atoms with van der Waals surface area (Å²) in [5.74, 6) is -5.84. The van der Waals surface area contributed by atoms with Crippen LogP contribution in [-0.4, -0.2) is 9.97 Å². The van der Waals surface area contributed by atoms with E-state index in [2.05, 4.69) is 28.8 Å². The Hall–Kier alpha value is -3.11. The Morgan fingerprint density at radius 3 is 2.06 bits per heavy atom. The van der Waals surface area contributed by atoms with Gasteiger partial charge in [0.05, 0.1) is 25.4 Å². The van der Waals surface area contributed by atoms with Crippen LogP contribution in [-0.2, 0) is 25.4 Å². The van der Waals surface area contributed by atoms with Crippen molar-refractivity contribution in [2.45, 2.75) is 38.7 Å². The van der Waals surface area contributed by atoms with E-state index in [4.69, 9.17) is 4.98 Å². The van der Waals surface area contributed by atoms with Gasteiger partial charge < -0.3 is 4.74 Å². The highest BCUT2D eigenvalue weighted by Gasteiger charge is 2.39. The summed E-state index contributed by atoms with van der Waals surface area (Å²) in [4.78, 5) is 8.63. The second kappa shape index (κ2) is 9.74. The number of halogens is 5. The van der Waals surface area contributed by atoms with E-state index >= 15 is 0 Å². The van der Waals surface area contributed by atoms with Crippen molar-refractivity contribution in [3.8, 4) is 5.75 Å². The molecule has 0 fully saturated rings. The van der Waals surface area contributed by atoms with Gasteiger partial charge in [-0.2, -0.15) is 8.78 Å². The highest BCUT2D eigenvalue weighted by Crippen LogP contribution is 2.37.